The minimum atomic E-state index is -4.95. The van der Waals surface area contributed by atoms with Crippen molar-refractivity contribution >= 4 is 192 Å². The molecule has 4 aromatic heterocycles. The summed E-state index contributed by atoms with van der Waals surface area (Å²) in [5, 5.41) is 1.99. The van der Waals surface area contributed by atoms with Gasteiger partial charge in [-0.15, -0.1) is 0 Å². The van der Waals surface area contributed by atoms with Crippen LogP contribution in [0.3, 0.4) is 0 Å². The van der Waals surface area contributed by atoms with Crippen LogP contribution >= 0.6 is 46.4 Å². The Balaban J connectivity index is 0.000000166. The van der Waals surface area contributed by atoms with Crippen molar-refractivity contribution < 1.29 is 25.9 Å². The van der Waals surface area contributed by atoms with Gasteiger partial charge in [-0.3, -0.25) is 19.2 Å². The first-order valence-electron chi connectivity index (χ1n) is 17.1. The van der Waals surface area contributed by atoms with Crippen LogP contribution < -0.4 is 21.7 Å². The van der Waals surface area contributed by atoms with Crippen LogP contribution in [0.2, 0.25) is 20.1 Å². The Morgan fingerprint density at radius 1 is 0.361 bits per heavy atom. The van der Waals surface area contributed by atoms with Crippen molar-refractivity contribution in [1.29, 1.82) is 0 Å². The molecule has 21 heteroatoms. The number of halogens is 4. The first-order chi connectivity index (χ1) is 28.3. The van der Waals surface area contributed by atoms with Gasteiger partial charge in [-0.25, -0.2) is 16.8 Å². The molecule has 0 saturated carbocycles. The quantitative estimate of drug-likeness (QED) is 0.0760. The fourth-order valence-electron chi connectivity index (χ4n) is 7.36. The summed E-state index contributed by atoms with van der Waals surface area (Å²) in [7, 11) is -9.91. The minimum absolute atomic E-state index is 0. The standard InChI is InChI=1S/2C20H10Cl2N2O5S.Ca/c2*21-8-1-2-10-13(3-8)23-14-7-12-15(6-11(14)19(10)25)24-16-4-9(22)5-17(30(27,28)29)18(16)20(12)26;/h2*1-7H,(H,23,25)(H,24,26)(H,27,28,29);/q;;+2/p-2. The molecule has 0 spiro atoms. The van der Waals surface area contributed by atoms with E-state index in [0.29, 0.717) is 64.7 Å². The number of hydrogen-bond donors (Lipinski definition) is 4. The summed E-state index contributed by atoms with van der Waals surface area (Å²) < 4.78 is 70.2. The zero-order chi connectivity index (χ0) is 42.7. The van der Waals surface area contributed by atoms with Gasteiger partial charge in [-0.05, 0) is 84.9 Å². The van der Waals surface area contributed by atoms with Crippen LogP contribution in [0.1, 0.15) is 0 Å². The van der Waals surface area contributed by atoms with E-state index in [1.807, 2.05) is 0 Å². The molecule has 0 radical (unpaired) electrons. The second-order valence-electron chi connectivity index (χ2n) is 13.6. The van der Waals surface area contributed by atoms with Crippen LogP contribution in [0, 0.1) is 0 Å². The number of H-pyrrole nitrogens is 4. The van der Waals surface area contributed by atoms with Crippen molar-refractivity contribution in [3.63, 3.8) is 0 Å². The summed E-state index contributed by atoms with van der Waals surface area (Å²) in [6.07, 6.45) is 0. The van der Waals surface area contributed by atoms with E-state index in [0.717, 1.165) is 12.1 Å². The Morgan fingerprint density at radius 2 is 0.639 bits per heavy atom. The largest absolute Gasteiger partial charge is 2.00 e. The van der Waals surface area contributed by atoms with Gasteiger partial charge < -0.3 is 29.0 Å². The number of benzene rings is 6. The maximum Gasteiger partial charge on any atom is 2.00 e. The fourth-order valence-corrected chi connectivity index (χ4v) is 9.72. The SMILES string of the molecule is O=c1c2ccc(Cl)cc2[nH]c2cc3c(=O)c4c(S(=O)(=O)[O-])cc(Cl)cc4[nH]c3cc12.O=c1c2ccc(Cl)cc2[nH]c2cc3c(=O)c4c(S(=O)(=O)[O-])cc(Cl)cc4[nH]c3cc12.[Ca+2]. The van der Waals surface area contributed by atoms with Crippen LogP contribution in [0.4, 0.5) is 0 Å². The van der Waals surface area contributed by atoms with E-state index in [-0.39, 0.29) is 91.2 Å². The first kappa shape index (κ1) is 43.1. The molecule has 14 nitrogen and oxygen atoms in total. The van der Waals surface area contributed by atoms with Gasteiger partial charge in [-0.1, -0.05) is 46.4 Å². The van der Waals surface area contributed by atoms with Gasteiger partial charge in [-0.2, -0.15) is 0 Å². The van der Waals surface area contributed by atoms with E-state index < -0.39 is 40.9 Å². The van der Waals surface area contributed by atoms with Gasteiger partial charge >= 0.3 is 37.7 Å². The summed E-state index contributed by atoms with van der Waals surface area (Å²) in [6, 6.07) is 20.1. The van der Waals surface area contributed by atoms with Crippen LogP contribution in [-0.2, 0) is 20.2 Å². The molecule has 0 fully saturated rings. The number of rotatable bonds is 2. The average molecular weight is 961 g/mol. The number of pyridine rings is 4. The van der Waals surface area contributed by atoms with Crippen molar-refractivity contribution in [2.24, 2.45) is 0 Å². The van der Waals surface area contributed by atoms with Crippen LogP contribution in [0.25, 0.3) is 87.2 Å². The maximum atomic E-state index is 13.1. The molecular weight excluding hydrogens is 942 g/mol. The van der Waals surface area contributed by atoms with Crippen molar-refractivity contribution in [2.45, 2.75) is 9.79 Å². The molecule has 0 amide bonds. The molecule has 0 unspecified atom stereocenters. The number of hydrogen-bond acceptors (Lipinski definition) is 10. The van der Waals surface area contributed by atoms with E-state index in [2.05, 4.69) is 19.9 Å². The van der Waals surface area contributed by atoms with E-state index >= 15 is 0 Å². The predicted octanol–water partition coefficient (Wildman–Crippen LogP) is 7.39. The third kappa shape index (κ3) is 7.48. The Hall–Kier alpha value is -4.56. The zero-order valence-corrected chi connectivity index (χ0v) is 37.1. The maximum absolute atomic E-state index is 13.1. The van der Waals surface area contributed by atoms with Gasteiger partial charge in [0.25, 0.3) is 0 Å². The fraction of sp³-hybridized carbons (Fsp3) is 0. The van der Waals surface area contributed by atoms with Crippen molar-refractivity contribution in [3.05, 3.63) is 146 Å². The van der Waals surface area contributed by atoms with E-state index in [4.69, 9.17) is 46.4 Å². The molecule has 4 heterocycles. The number of nitrogens with one attached hydrogen (secondary N) is 4. The summed E-state index contributed by atoms with van der Waals surface area (Å²) in [6.45, 7) is 0. The van der Waals surface area contributed by atoms with E-state index in [9.17, 15) is 45.1 Å². The molecule has 0 bridgehead atoms. The molecule has 10 aromatic rings. The molecule has 300 valence electrons. The molecule has 0 atom stereocenters. The summed E-state index contributed by atoms with van der Waals surface area (Å²) in [5.74, 6) is 0. The normalized spacial score (nSPS) is 12.2. The second-order valence-corrected chi connectivity index (χ2v) is 18.1. The summed E-state index contributed by atoms with van der Waals surface area (Å²) in [5.41, 5.74) is 0.635. The molecule has 61 heavy (non-hydrogen) atoms. The van der Waals surface area contributed by atoms with Gasteiger partial charge in [0.05, 0.1) is 64.7 Å². The molecule has 6 aromatic carbocycles. The first-order valence-corrected chi connectivity index (χ1v) is 21.4. The molecule has 0 aliphatic heterocycles. The molecular formula is C40H18CaCl4N4O10S2. The van der Waals surface area contributed by atoms with Gasteiger partial charge in [0.2, 0.25) is 0 Å². The van der Waals surface area contributed by atoms with E-state index in [1.54, 1.807) is 36.4 Å². The topological polar surface area (TPSA) is 246 Å². The van der Waals surface area contributed by atoms with Crippen LogP contribution in [0.5, 0.6) is 0 Å². The zero-order valence-electron chi connectivity index (χ0n) is 30.2. The number of aromatic amines is 4. The summed E-state index contributed by atoms with van der Waals surface area (Å²) >= 11 is 23.9. The van der Waals surface area contributed by atoms with Crippen LogP contribution in [0.15, 0.2) is 114 Å². The minimum Gasteiger partial charge on any atom is -0.744 e. The average Bonchev–Trinajstić information content (AvgIpc) is 3.16. The predicted molar refractivity (Wildman–Crippen MR) is 237 cm³/mol. The third-order valence-electron chi connectivity index (χ3n) is 9.95. The van der Waals surface area contributed by atoms with Crippen molar-refractivity contribution in [1.82, 2.24) is 19.9 Å². The third-order valence-corrected chi connectivity index (χ3v) is 12.6. The molecule has 0 aliphatic carbocycles. The van der Waals surface area contributed by atoms with Crippen molar-refractivity contribution in [2.75, 3.05) is 0 Å². The molecule has 4 N–H and O–H groups in total. The van der Waals surface area contributed by atoms with Crippen molar-refractivity contribution in [3.8, 4) is 0 Å². The van der Waals surface area contributed by atoms with Gasteiger partial charge in [0, 0.05) is 52.4 Å². The molecule has 0 saturated heterocycles. The number of aromatic nitrogens is 4. The summed E-state index contributed by atoms with van der Waals surface area (Å²) in [4.78, 5) is 62.7. The molecule has 10 rings (SSSR count). The Bertz CT molecular complexity index is 3850. The van der Waals surface area contributed by atoms with Gasteiger partial charge in [0.1, 0.15) is 20.2 Å². The Morgan fingerprint density at radius 3 is 0.967 bits per heavy atom. The molecule has 0 aliphatic rings. The smallest absolute Gasteiger partial charge is 0.744 e. The monoisotopic (exact) mass is 958 g/mol. The van der Waals surface area contributed by atoms with Gasteiger partial charge in [0.15, 0.2) is 21.7 Å². The Labute approximate surface area is 389 Å². The Kier molecular flexibility index (Phi) is 10.9. The van der Waals surface area contributed by atoms with E-state index in [1.165, 1.54) is 36.4 Å². The van der Waals surface area contributed by atoms with Crippen LogP contribution in [-0.4, -0.2) is 83.6 Å². The second kappa shape index (κ2) is 15.4. The number of fused-ring (bicyclic) bond motifs is 8.